The molecule has 0 aliphatic rings. The first kappa shape index (κ1) is 11.3. The van der Waals surface area contributed by atoms with E-state index in [0.29, 0.717) is 16.6 Å². The molecule has 0 aromatic carbocycles. The van der Waals surface area contributed by atoms with Crippen LogP contribution in [0, 0.1) is 0 Å². The van der Waals surface area contributed by atoms with E-state index >= 15 is 0 Å². The minimum absolute atomic E-state index is 0.184. The fourth-order valence-corrected chi connectivity index (χ4v) is 0. The number of aliphatic carboxylic acids is 1. The number of carbonyl (C=O) groups is 2. The summed E-state index contributed by atoms with van der Waals surface area (Å²) in [4.78, 5) is 18.6. The third-order valence-electron chi connectivity index (χ3n) is 0.287. The summed E-state index contributed by atoms with van der Waals surface area (Å²) < 4.78 is 4.25. The molecule has 9 heavy (non-hydrogen) atoms. The summed E-state index contributed by atoms with van der Waals surface area (Å²) in [6, 6.07) is 0. The van der Waals surface area contributed by atoms with Crippen LogP contribution in [0.2, 0.25) is 0 Å². The van der Waals surface area contributed by atoms with Crippen molar-refractivity contribution in [3.63, 3.8) is 0 Å². The van der Waals surface area contributed by atoms with E-state index in [1.807, 2.05) is 0 Å². The van der Waals surface area contributed by atoms with Gasteiger partial charge in [-0.2, -0.15) is 0 Å². The van der Waals surface area contributed by atoms with Crippen LogP contribution >= 0.6 is 0 Å². The van der Waals surface area contributed by atoms with Crippen LogP contribution < -0.4 is 0 Å². The van der Waals surface area contributed by atoms with E-state index in [4.69, 9.17) is 9.90 Å². The van der Waals surface area contributed by atoms with Crippen LogP contribution in [-0.4, -0.2) is 33.7 Å². The molecule has 5 heteroatoms. The number of hydrogen-bond acceptors (Lipinski definition) is 3. The lowest BCUT2D eigenvalue weighted by Crippen LogP contribution is -1.90. The molecule has 0 aliphatic carbocycles. The lowest BCUT2D eigenvalue weighted by molar-refractivity contribution is -0.134. The summed E-state index contributed by atoms with van der Waals surface area (Å²) in [5.74, 6) is -1.02. The van der Waals surface area contributed by atoms with E-state index in [1.54, 1.807) is 0 Å². The normalized spacial score (nSPS) is 6.44. The van der Waals surface area contributed by atoms with Crippen molar-refractivity contribution >= 4 is 28.6 Å². The third kappa shape index (κ3) is 103. The maximum absolute atomic E-state index is 9.62. The minimum atomic E-state index is -0.833. The van der Waals surface area contributed by atoms with Gasteiger partial charge in [-0.25, -0.2) is 0 Å². The van der Waals surface area contributed by atoms with Crippen molar-refractivity contribution in [1.29, 1.82) is 0 Å². The Balaban J connectivity index is 0. The Morgan fingerprint density at radius 1 is 1.44 bits per heavy atom. The summed E-state index contributed by atoms with van der Waals surface area (Å²) in [7, 11) is 0. The van der Waals surface area contributed by atoms with Crippen molar-refractivity contribution in [3.05, 3.63) is 0 Å². The van der Waals surface area contributed by atoms with Crippen molar-refractivity contribution in [3.8, 4) is 0 Å². The fraction of sp³-hybridized carbons (Fsp3) is 0.500. The Bertz CT molecular complexity index is 96.7. The molecule has 0 aromatic heterocycles. The Hall–Kier alpha value is -0.528. The van der Waals surface area contributed by atoms with Crippen molar-refractivity contribution < 1.29 is 18.5 Å². The molecule has 0 saturated carbocycles. The van der Waals surface area contributed by atoms with Gasteiger partial charge in [0, 0.05) is 13.8 Å². The molecule has 0 aromatic rings. The van der Waals surface area contributed by atoms with E-state index < -0.39 is 5.97 Å². The van der Waals surface area contributed by atoms with E-state index in [-0.39, 0.29) is 5.97 Å². The van der Waals surface area contributed by atoms with Crippen LogP contribution in [0.4, 0.5) is 0 Å². The molecular formula is C4H9AlO4. The number of rotatable bonds is 0. The molecule has 1 N–H and O–H groups in total. The van der Waals surface area contributed by atoms with Gasteiger partial charge in [0.25, 0.3) is 11.9 Å². The Morgan fingerprint density at radius 2 is 1.56 bits per heavy atom. The van der Waals surface area contributed by atoms with Gasteiger partial charge in [-0.05, 0) is 0 Å². The van der Waals surface area contributed by atoms with Crippen molar-refractivity contribution in [1.82, 2.24) is 0 Å². The van der Waals surface area contributed by atoms with Gasteiger partial charge in [0.2, 0.25) is 0 Å². The molecule has 0 aliphatic heterocycles. The summed E-state index contributed by atoms with van der Waals surface area (Å²) in [5.41, 5.74) is 0. The van der Waals surface area contributed by atoms with E-state index in [2.05, 4.69) is 3.79 Å². The second kappa shape index (κ2) is 7.47. The predicted octanol–water partition coefficient (Wildman–Crippen LogP) is -0.812. The van der Waals surface area contributed by atoms with Gasteiger partial charge in [-0.1, -0.05) is 0 Å². The maximum atomic E-state index is 9.62. The Labute approximate surface area is 61.6 Å². The highest BCUT2D eigenvalue weighted by Crippen LogP contribution is 1.58. The lowest BCUT2D eigenvalue weighted by Gasteiger charge is -1.84. The quantitative estimate of drug-likeness (QED) is 0.456. The van der Waals surface area contributed by atoms with Gasteiger partial charge in [0.1, 0.15) is 0 Å². The zero-order valence-electron chi connectivity index (χ0n) is 5.67. The summed E-state index contributed by atoms with van der Waals surface area (Å²) >= 11 is 0.524. The third-order valence-corrected chi connectivity index (χ3v) is 0.862. The Kier molecular flexibility index (Phi) is 9.38. The van der Waals surface area contributed by atoms with Gasteiger partial charge >= 0.3 is 16.6 Å². The van der Waals surface area contributed by atoms with Crippen LogP contribution in [0.3, 0.4) is 0 Å². The largest absolute Gasteiger partial charge is 0.622 e. The van der Waals surface area contributed by atoms with Gasteiger partial charge in [0.15, 0.2) is 0 Å². The number of hydrogen-bond donors (Lipinski definition) is 1. The molecule has 4 nitrogen and oxygen atoms in total. The molecule has 0 heterocycles. The second-order valence-corrected chi connectivity index (χ2v) is 1.62. The summed E-state index contributed by atoms with van der Waals surface area (Å²) in [6.07, 6.45) is 0. The van der Waals surface area contributed by atoms with Crippen LogP contribution in [-0.2, 0) is 13.4 Å². The zero-order chi connectivity index (χ0) is 7.86. The molecule has 0 atom stereocenters. The molecule has 0 radical (unpaired) electrons. The highest BCUT2D eigenvalue weighted by Gasteiger charge is 1.74. The molecule has 0 fully saturated rings. The van der Waals surface area contributed by atoms with Gasteiger partial charge in [-0.15, -0.1) is 0 Å². The van der Waals surface area contributed by atoms with Crippen LogP contribution in [0.15, 0.2) is 0 Å². The minimum Gasteiger partial charge on any atom is -0.622 e. The van der Waals surface area contributed by atoms with E-state index in [0.717, 1.165) is 6.92 Å². The molecular weight excluding hydrogens is 139 g/mol. The lowest BCUT2D eigenvalue weighted by atomic mass is 10.9. The molecule has 0 spiro atoms. The maximum Gasteiger partial charge on any atom is 0.499 e. The molecule has 0 unspecified atom stereocenters. The molecule has 0 rings (SSSR count). The van der Waals surface area contributed by atoms with Crippen LogP contribution in [0.5, 0.6) is 0 Å². The van der Waals surface area contributed by atoms with Crippen LogP contribution in [0.25, 0.3) is 0 Å². The fourth-order valence-electron chi connectivity index (χ4n) is 0. The van der Waals surface area contributed by atoms with Gasteiger partial charge < -0.3 is 8.90 Å². The molecule has 52 valence electrons. The smallest absolute Gasteiger partial charge is 0.499 e. The first-order valence-corrected chi connectivity index (χ1v) is 3.06. The van der Waals surface area contributed by atoms with E-state index in [1.165, 1.54) is 6.92 Å². The first-order valence-electron chi connectivity index (χ1n) is 2.24. The average molecular weight is 148 g/mol. The monoisotopic (exact) mass is 148 g/mol. The molecule has 0 bridgehead atoms. The number of carboxylic acid groups (broad SMARTS) is 1. The number of carbonyl (C=O) groups excluding carboxylic acids is 1. The van der Waals surface area contributed by atoms with Crippen molar-refractivity contribution in [2.24, 2.45) is 0 Å². The Morgan fingerprint density at radius 3 is 1.56 bits per heavy atom. The number of carboxylic acids is 1. The molecule has 0 saturated heterocycles. The van der Waals surface area contributed by atoms with Crippen LogP contribution in [0.1, 0.15) is 13.8 Å². The van der Waals surface area contributed by atoms with Gasteiger partial charge in [0.05, 0.1) is 0 Å². The predicted molar refractivity (Wildman–Crippen MR) is 33.6 cm³/mol. The van der Waals surface area contributed by atoms with E-state index in [9.17, 15) is 4.79 Å². The SMILES string of the molecule is CC(=O)O.CC(=O)[O][AlH2]. The average Bonchev–Trinajstić information content (AvgIpc) is 1.65. The van der Waals surface area contributed by atoms with Crippen molar-refractivity contribution in [2.75, 3.05) is 0 Å². The second-order valence-electron chi connectivity index (χ2n) is 1.21. The summed E-state index contributed by atoms with van der Waals surface area (Å²) in [5, 5.41) is 7.42. The van der Waals surface area contributed by atoms with Crippen molar-refractivity contribution in [2.45, 2.75) is 13.8 Å². The van der Waals surface area contributed by atoms with Gasteiger partial charge in [-0.3, -0.25) is 9.59 Å². The summed E-state index contributed by atoms with van der Waals surface area (Å²) in [6.45, 7) is 2.48. The topological polar surface area (TPSA) is 63.6 Å². The highest BCUT2D eigenvalue weighted by atomic mass is 27.1. The zero-order valence-corrected chi connectivity index (χ0v) is 7.67. The standard InChI is InChI=1S/2C2H4O2.Al.2H/c2*1-2(3)4;;;/h2*1H3,(H,3,4);;;/q;;+1;;/p-1. The highest BCUT2D eigenvalue weighted by molar-refractivity contribution is 6.04. The first-order chi connectivity index (χ1) is 4.00. The molecule has 0 amide bonds.